The van der Waals surface area contributed by atoms with E-state index in [0.29, 0.717) is 17.6 Å². The van der Waals surface area contributed by atoms with Crippen LogP contribution in [0, 0.1) is 6.92 Å². The van der Waals surface area contributed by atoms with Crippen LogP contribution in [0.1, 0.15) is 158 Å². The third kappa shape index (κ3) is 7.66. The van der Waals surface area contributed by atoms with Gasteiger partial charge in [0.25, 0.3) is 0 Å². The smallest absolute Gasteiger partial charge is 0.340 e. The minimum atomic E-state index is -1.07. The summed E-state index contributed by atoms with van der Waals surface area (Å²) in [7, 11) is 0. The summed E-state index contributed by atoms with van der Waals surface area (Å²) in [4.78, 5) is 18.8. The van der Waals surface area contributed by atoms with E-state index < -0.39 is 5.60 Å². The second-order valence-corrected chi connectivity index (χ2v) is 14.7. The van der Waals surface area contributed by atoms with Crippen LogP contribution in [0.4, 0.5) is 11.4 Å². The summed E-state index contributed by atoms with van der Waals surface area (Å²) in [5.74, 6) is 1.27. The number of aryl methyl sites for hydroxylation is 1. The van der Waals surface area contributed by atoms with Crippen LogP contribution in [-0.4, -0.2) is 31.1 Å². The van der Waals surface area contributed by atoms with Crippen molar-refractivity contribution in [2.75, 3.05) is 22.9 Å². The van der Waals surface area contributed by atoms with Crippen LogP contribution in [0.15, 0.2) is 54.6 Å². The van der Waals surface area contributed by atoms with Crippen LogP contribution in [0.2, 0.25) is 0 Å². The Morgan fingerprint density at radius 2 is 1.31 bits per heavy atom. The summed E-state index contributed by atoms with van der Waals surface area (Å²) in [5.41, 5.74) is 5.83. The van der Waals surface area contributed by atoms with E-state index in [1.165, 1.54) is 61.9 Å². The van der Waals surface area contributed by atoms with E-state index in [1.54, 1.807) is 0 Å². The van der Waals surface area contributed by atoms with Crippen molar-refractivity contribution >= 4 is 17.3 Å². The summed E-state index contributed by atoms with van der Waals surface area (Å²) in [6.45, 7) is 18.0. The summed E-state index contributed by atoms with van der Waals surface area (Å²) >= 11 is 0. The molecule has 0 bridgehead atoms. The van der Waals surface area contributed by atoms with Crippen molar-refractivity contribution in [1.29, 1.82) is 0 Å². The van der Waals surface area contributed by atoms with Gasteiger partial charge in [-0.1, -0.05) is 104 Å². The SMILES string of the molecule is CCCCCCCCC(C)N(CCCC)c1ccc2c(c1)Oc1cc(C)c(N(CCCC)C(C)CCC)cc1C21OC(=O)c2ccccc21. The van der Waals surface area contributed by atoms with Gasteiger partial charge in [0.2, 0.25) is 0 Å². The number of carbonyl (C=O) groups excluding carboxylic acids is 1. The number of esters is 1. The Balaban J connectivity index is 1.58. The zero-order valence-corrected chi connectivity index (χ0v) is 31.6. The lowest BCUT2D eigenvalue weighted by Crippen LogP contribution is -2.37. The van der Waals surface area contributed by atoms with Crippen LogP contribution in [0.3, 0.4) is 0 Å². The Labute approximate surface area is 297 Å². The highest BCUT2D eigenvalue weighted by molar-refractivity contribution is 5.97. The van der Waals surface area contributed by atoms with Crippen molar-refractivity contribution in [2.24, 2.45) is 0 Å². The number of nitrogens with zero attached hydrogens (tertiary/aromatic N) is 2. The number of unbranched alkanes of at least 4 members (excludes halogenated alkanes) is 7. The Morgan fingerprint density at radius 1 is 0.653 bits per heavy atom. The standard InChI is InChI=1S/C44H62N2O3/c1-8-12-15-16-17-18-22-34(7)45(27-13-9-2)35-25-26-38-42(30-35)48-41-29-32(5)40(46(28-14-10-3)33(6)21-11-4)31-39(41)44(38)37-24-20-19-23-36(37)43(47)49-44/h19-20,23-26,29-31,33-34H,8-18,21-22,27-28H2,1-7H3. The first-order valence-electron chi connectivity index (χ1n) is 19.6. The number of benzene rings is 3. The average Bonchev–Trinajstić information content (AvgIpc) is 3.39. The third-order valence-electron chi connectivity index (χ3n) is 10.9. The molecule has 5 rings (SSSR count). The first-order chi connectivity index (χ1) is 23.8. The van der Waals surface area contributed by atoms with Crippen LogP contribution >= 0.6 is 0 Å². The lowest BCUT2D eigenvalue weighted by Gasteiger charge is -2.40. The summed E-state index contributed by atoms with van der Waals surface area (Å²) in [6, 6.07) is 19.8. The van der Waals surface area contributed by atoms with Gasteiger partial charge in [-0.2, -0.15) is 0 Å². The minimum Gasteiger partial charge on any atom is -0.456 e. The molecule has 2 aliphatic heterocycles. The lowest BCUT2D eigenvalue weighted by molar-refractivity contribution is 0.0224. The first kappa shape index (κ1) is 36.8. The Morgan fingerprint density at radius 3 is 2.04 bits per heavy atom. The predicted octanol–water partition coefficient (Wildman–Crippen LogP) is 12.1. The van der Waals surface area contributed by atoms with Gasteiger partial charge >= 0.3 is 5.97 Å². The first-order valence-corrected chi connectivity index (χ1v) is 19.6. The predicted molar refractivity (Wildman–Crippen MR) is 206 cm³/mol. The number of hydrogen-bond acceptors (Lipinski definition) is 5. The monoisotopic (exact) mass is 666 g/mol. The molecule has 0 N–H and O–H groups in total. The number of anilines is 2. The fraction of sp³-hybridized carbons (Fsp3) is 0.568. The van der Waals surface area contributed by atoms with Crippen molar-refractivity contribution in [3.05, 3.63) is 82.4 Å². The van der Waals surface area contributed by atoms with E-state index in [0.717, 1.165) is 79.8 Å². The van der Waals surface area contributed by atoms with E-state index >= 15 is 0 Å². The fourth-order valence-electron chi connectivity index (χ4n) is 8.07. The van der Waals surface area contributed by atoms with Gasteiger partial charge in [-0.25, -0.2) is 4.79 Å². The third-order valence-corrected chi connectivity index (χ3v) is 10.9. The maximum absolute atomic E-state index is 13.7. The molecule has 5 heteroatoms. The molecule has 0 amide bonds. The molecule has 0 fully saturated rings. The molecule has 3 unspecified atom stereocenters. The largest absolute Gasteiger partial charge is 0.456 e. The highest BCUT2D eigenvalue weighted by Crippen LogP contribution is 2.57. The second-order valence-electron chi connectivity index (χ2n) is 14.7. The van der Waals surface area contributed by atoms with Crippen LogP contribution in [0.25, 0.3) is 0 Å². The molecule has 5 nitrogen and oxygen atoms in total. The molecular weight excluding hydrogens is 604 g/mol. The van der Waals surface area contributed by atoms with E-state index in [1.807, 2.05) is 18.2 Å². The topological polar surface area (TPSA) is 42.0 Å². The van der Waals surface area contributed by atoms with Gasteiger partial charge in [0, 0.05) is 59.3 Å². The summed E-state index contributed by atoms with van der Waals surface area (Å²) in [6.07, 6.45) is 15.9. The number of fused-ring (bicyclic) bond motifs is 6. The molecule has 2 aliphatic rings. The van der Waals surface area contributed by atoms with E-state index in [2.05, 4.69) is 94.7 Å². The molecule has 0 saturated carbocycles. The molecule has 3 aromatic rings. The van der Waals surface area contributed by atoms with E-state index in [9.17, 15) is 4.79 Å². The molecule has 2 heterocycles. The van der Waals surface area contributed by atoms with Crippen molar-refractivity contribution in [1.82, 2.24) is 0 Å². The van der Waals surface area contributed by atoms with Gasteiger partial charge < -0.3 is 19.3 Å². The van der Waals surface area contributed by atoms with Crippen molar-refractivity contribution in [3.63, 3.8) is 0 Å². The quantitative estimate of drug-likeness (QED) is 0.0941. The summed E-state index contributed by atoms with van der Waals surface area (Å²) in [5, 5.41) is 0. The Kier molecular flexibility index (Phi) is 12.7. The molecule has 0 saturated heterocycles. The number of carbonyl (C=O) groups is 1. The van der Waals surface area contributed by atoms with Crippen LogP contribution < -0.4 is 14.5 Å². The molecule has 3 atom stereocenters. The molecule has 0 aromatic heterocycles. The van der Waals surface area contributed by atoms with Crippen molar-refractivity contribution in [3.8, 4) is 11.5 Å². The lowest BCUT2D eigenvalue weighted by atomic mass is 9.77. The van der Waals surface area contributed by atoms with Crippen molar-refractivity contribution < 1.29 is 14.3 Å². The van der Waals surface area contributed by atoms with Gasteiger partial charge in [0.1, 0.15) is 11.5 Å². The normalized spacial score (nSPS) is 17.2. The number of rotatable bonds is 19. The molecule has 0 aliphatic carbocycles. The Bertz CT molecular complexity index is 1550. The molecule has 0 radical (unpaired) electrons. The van der Waals surface area contributed by atoms with Gasteiger partial charge in [0.15, 0.2) is 5.60 Å². The highest BCUT2D eigenvalue weighted by Gasteiger charge is 2.54. The Hall–Kier alpha value is -3.47. The van der Waals surface area contributed by atoms with E-state index in [-0.39, 0.29) is 5.97 Å². The van der Waals surface area contributed by atoms with Crippen LogP contribution in [0.5, 0.6) is 11.5 Å². The fourth-order valence-corrected chi connectivity index (χ4v) is 8.07. The maximum atomic E-state index is 13.7. The van der Waals surface area contributed by atoms with Gasteiger partial charge in [-0.15, -0.1) is 0 Å². The molecular formula is C44H62N2O3. The average molecular weight is 667 g/mol. The minimum absolute atomic E-state index is 0.278. The maximum Gasteiger partial charge on any atom is 0.340 e. The summed E-state index contributed by atoms with van der Waals surface area (Å²) < 4.78 is 13.5. The zero-order valence-electron chi connectivity index (χ0n) is 31.6. The van der Waals surface area contributed by atoms with Crippen molar-refractivity contribution in [2.45, 2.75) is 150 Å². The second kappa shape index (κ2) is 17.0. The molecule has 1 spiro atoms. The van der Waals surface area contributed by atoms with Crippen LogP contribution in [-0.2, 0) is 10.3 Å². The molecule has 49 heavy (non-hydrogen) atoms. The van der Waals surface area contributed by atoms with Gasteiger partial charge in [-0.3, -0.25) is 0 Å². The zero-order chi connectivity index (χ0) is 35.0. The number of hydrogen-bond donors (Lipinski definition) is 0. The number of ether oxygens (including phenoxy) is 2. The van der Waals surface area contributed by atoms with E-state index in [4.69, 9.17) is 9.47 Å². The highest BCUT2D eigenvalue weighted by atomic mass is 16.6. The molecule has 266 valence electrons. The molecule has 3 aromatic carbocycles. The van der Waals surface area contributed by atoms with Gasteiger partial charge in [-0.05, 0) is 82.3 Å². The van der Waals surface area contributed by atoms with Gasteiger partial charge in [0.05, 0.1) is 5.56 Å².